The van der Waals surface area contributed by atoms with E-state index >= 15 is 0 Å². The first-order chi connectivity index (χ1) is 13.6. The van der Waals surface area contributed by atoms with Gasteiger partial charge in [0.2, 0.25) is 5.91 Å². The van der Waals surface area contributed by atoms with E-state index in [9.17, 15) is 9.59 Å². The van der Waals surface area contributed by atoms with Gasteiger partial charge in [0.25, 0.3) is 5.91 Å². The number of carbonyl (C=O) groups is 2. The molecule has 1 fully saturated rings. The van der Waals surface area contributed by atoms with Crippen molar-refractivity contribution in [2.45, 2.75) is 45.4 Å². The lowest BCUT2D eigenvalue weighted by molar-refractivity contribution is -0.130. The maximum Gasteiger partial charge on any atom is 0.274 e. The number of benzene rings is 1. The Morgan fingerprint density at radius 3 is 2.86 bits per heavy atom. The highest BCUT2D eigenvalue weighted by molar-refractivity contribution is 5.93. The number of H-pyrrole nitrogens is 1. The minimum atomic E-state index is -0.0204. The number of amides is 2. The molecular formula is C21H23N5O2. The van der Waals surface area contributed by atoms with Gasteiger partial charge in [-0.25, -0.2) is 0 Å². The van der Waals surface area contributed by atoms with Crippen LogP contribution in [0.15, 0.2) is 36.5 Å². The summed E-state index contributed by atoms with van der Waals surface area (Å²) in [7, 11) is 0. The highest BCUT2D eigenvalue weighted by Crippen LogP contribution is 2.30. The first kappa shape index (κ1) is 17.0. The molecule has 28 heavy (non-hydrogen) atoms. The number of hydrogen-bond donors (Lipinski definition) is 1. The molecule has 1 aliphatic carbocycles. The van der Waals surface area contributed by atoms with E-state index in [0.29, 0.717) is 37.9 Å². The van der Waals surface area contributed by atoms with Crippen LogP contribution in [0.25, 0.3) is 10.9 Å². The number of aromatic amines is 1. The smallest absolute Gasteiger partial charge is 0.274 e. The molecule has 0 radical (unpaired) electrons. The highest BCUT2D eigenvalue weighted by Gasteiger charge is 2.35. The molecule has 0 bridgehead atoms. The lowest BCUT2D eigenvalue weighted by atomic mass is 10.1. The average molecular weight is 377 g/mol. The summed E-state index contributed by atoms with van der Waals surface area (Å²) in [5, 5.41) is 5.70. The molecule has 1 N–H and O–H groups in total. The monoisotopic (exact) mass is 377 g/mol. The predicted octanol–water partition coefficient (Wildman–Crippen LogP) is 2.53. The van der Waals surface area contributed by atoms with Crippen LogP contribution in [0.5, 0.6) is 0 Å². The Morgan fingerprint density at radius 1 is 1.21 bits per heavy atom. The topological polar surface area (TPSA) is 74.2 Å². The number of rotatable bonds is 4. The van der Waals surface area contributed by atoms with E-state index in [1.807, 2.05) is 27.9 Å². The van der Waals surface area contributed by atoms with E-state index in [-0.39, 0.29) is 11.8 Å². The molecule has 0 saturated heterocycles. The number of hydrogen-bond acceptors (Lipinski definition) is 3. The number of fused-ring (bicyclic) bond motifs is 2. The third-order valence-corrected chi connectivity index (χ3v) is 5.68. The summed E-state index contributed by atoms with van der Waals surface area (Å²) in [6.07, 6.45) is 4.02. The minimum Gasteiger partial charge on any atom is -0.361 e. The summed E-state index contributed by atoms with van der Waals surface area (Å²) in [6, 6.07) is 10.5. The van der Waals surface area contributed by atoms with Gasteiger partial charge >= 0.3 is 0 Å². The SMILES string of the molecule is CC(=O)N1CCn2nc(C(=O)N(Cc3ccc4[nH]ccc4c3)C3CC3)cc2C1. The van der Waals surface area contributed by atoms with E-state index in [0.717, 1.165) is 35.0 Å². The Labute approximate surface area is 162 Å². The molecule has 2 amide bonds. The molecule has 7 heteroatoms. The van der Waals surface area contributed by atoms with Gasteiger partial charge in [-0.1, -0.05) is 6.07 Å². The zero-order valence-electron chi connectivity index (χ0n) is 15.9. The van der Waals surface area contributed by atoms with Crippen molar-refractivity contribution in [2.75, 3.05) is 6.54 Å². The second-order valence-electron chi connectivity index (χ2n) is 7.75. The molecular weight excluding hydrogens is 354 g/mol. The fraction of sp³-hybridized carbons (Fsp3) is 0.381. The summed E-state index contributed by atoms with van der Waals surface area (Å²) in [4.78, 5) is 31.8. The fourth-order valence-electron chi connectivity index (χ4n) is 3.94. The zero-order valence-corrected chi connectivity index (χ0v) is 15.9. The molecule has 144 valence electrons. The molecule has 5 rings (SSSR count). The third kappa shape index (κ3) is 3.06. The molecule has 0 spiro atoms. The Balaban J connectivity index is 1.38. The largest absolute Gasteiger partial charge is 0.361 e. The Bertz CT molecular complexity index is 1060. The van der Waals surface area contributed by atoms with Gasteiger partial charge in [-0.3, -0.25) is 14.3 Å². The molecule has 2 aliphatic rings. The minimum absolute atomic E-state index is 0.0204. The van der Waals surface area contributed by atoms with Crippen LogP contribution in [0, 0.1) is 0 Å². The van der Waals surface area contributed by atoms with Gasteiger partial charge in [0.05, 0.1) is 18.8 Å². The standard InChI is InChI=1S/C21H23N5O2/c1-14(27)24-8-9-26-18(13-24)11-20(23-26)21(28)25(17-3-4-17)12-15-2-5-19-16(10-15)6-7-22-19/h2,5-7,10-11,17,22H,3-4,8-9,12-13H2,1H3. The second kappa shape index (κ2) is 6.51. The Kier molecular flexibility index (Phi) is 3.96. The summed E-state index contributed by atoms with van der Waals surface area (Å²) in [5.74, 6) is 0.0352. The Hall–Kier alpha value is -3.09. The van der Waals surface area contributed by atoms with Crippen molar-refractivity contribution in [2.24, 2.45) is 0 Å². The van der Waals surface area contributed by atoms with Crippen LogP contribution in [-0.4, -0.2) is 49.0 Å². The van der Waals surface area contributed by atoms with Crippen LogP contribution in [0.2, 0.25) is 0 Å². The lowest BCUT2D eigenvalue weighted by Crippen LogP contribution is -2.37. The van der Waals surface area contributed by atoms with Gasteiger partial charge in [-0.15, -0.1) is 0 Å². The average Bonchev–Trinajstić information content (AvgIpc) is 3.26. The molecule has 3 aromatic rings. The fourth-order valence-corrected chi connectivity index (χ4v) is 3.94. The van der Waals surface area contributed by atoms with Crippen molar-refractivity contribution in [1.29, 1.82) is 0 Å². The third-order valence-electron chi connectivity index (χ3n) is 5.68. The lowest BCUT2D eigenvalue weighted by Gasteiger charge is -2.26. The van der Waals surface area contributed by atoms with Crippen LogP contribution in [0.3, 0.4) is 0 Å². The van der Waals surface area contributed by atoms with E-state index in [1.165, 1.54) is 0 Å². The number of nitrogens with one attached hydrogen (secondary N) is 1. The van der Waals surface area contributed by atoms with E-state index in [4.69, 9.17) is 0 Å². The zero-order chi connectivity index (χ0) is 19.3. The van der Waals surface area contributed by atoms with Crippen molar-refractivity contribution in [3.8, 4) is 0 Å². The Morgan fingerprint density at radius 2 is 2.07 bits per heavy atom. The van der Waals surface area contributed by atoms with Crippen molar-refractivity contribution in [1.82, 2.24) is 24.6 Å². The van der Waals surface area contributed by atoms with Gasteiger partial charge in [0, 0.05) is 37.8 Å². The number of nitrogens with zero attached hydrogens (tertiary/aromatic N) is 4. The molecule has 0 unspecified atom stereocenters. The van der Waals surface area contributed by atoms with Crippen molar-refractivity contribution in [3.63, 3.8) is 0 Å². The van der Waals surface area contributed by atoms with E-state index in [2.05, 4.69) is 28.3 Å². The first-order valence-electron chi connectivity index (χ1n) is 9.78. The summed E-state index contributed by atoms with van der Waals surface area (Å²) >= 11 is 0. The molecule has 3 heterocycles. The normalized spacial score (nSPS) is 16.2. The van der Waals surface area contributed by atoms with Crippen molar-refractivity contribution < 1.29 is 9.59 Å². The van der Waals surface area contributed by atoms with Gasteiger partial charge in [-0.05, 0) is 48.1 Å². The maximum absolute atomic E-state index is 13.2. The van der Waals surface area contributed by atoms with Crippen LogP contribution in [-0.2, 0) is 24.4 Å². The quantitative estimate of drug-likeness (QED) is 0.759. The van der Waals surface area contributed by atoms with Crippen molar-refractivity contribution >= 4 is 22.7 Å². The molecule has 0 atom stereocenters. The molecule has 2 aromatic heterocycles. The summed E-state index contributed by atoms with van der Waals surface area (Å²) in [5.41, 5.74) is 3.63. The summed E-state index contributed by atoms with van der Waals surface area (Å²) < 4.78 is 1.86. The number of aromatic nitrogens is 3. The molecule has 7 nitrogen and oxygen atoms in total. The highest BCUT2D eigenvalue weighted by atomic mass is 16.2. The molecule has 1 saturated carbocycles. The first-order valence-corrected chi connectivity index (χ1v) is 9.78. The van der Waals surface area contributed by atoms with Crippen LogP contribution < -0.4 is 0 Å². The molecule has 1 aromatic carbocycles. The molecule has 1 aliphatic heterocycles. The predicted molar refractivity (Wildman–Crippen MR) is 105 cm³/mol. The second-order valence-corrected chi connectivity index (χ2v) is 7.75. The van der Waals surface area contributed by atoms with Crippen molar-refractivity contribution in [3.05, 3.63) is 53.5 Å². The van der Waals surface area contributed by atoms with Gasteiger partial charge in [-0.2, -0.15) is 5.10 Å². The van der Waals surface area contributed by atoms with Gasteiger partial charge in [0.15, 0.2) is 5.69 Å². The van der Waals surface area contributed by atoms with Crippen LogP contribution in [0.1, 0.15) is 41.5 Å². The maximum atomic E-state index is 13.2. The van der Waals surface area contributed by atoms with Crippen LogP contribution in [0.4, 0.5) is 0 Å². The summed E-state index contributed by atoms with van der Waals surface area (Å²) in [6.45, 7) is 3.96. The number of carbonyl (C=O) groups excluding carboxylic acids is 2. The van der Waals surface area contributed by atoms with Crippen LogP contribution >= 0.6 is 0 Å². The van der Waals surface area contributed by atoms with E-state index in [1.54, 1.807) is 11.8 Å². The van der Waals surface area contributed by atoms with Gasteiger partial charge in [0.1, 0.15) is 0 Å². The van der Waals surface area contributed by atoms with Gasteiger partial charge < -0.3 is 14.8 Å². The van der Waals surface area contributed by atoms with E-state index < -0.39 is 0 Å².